The number of halogens is 2. The van der Waals surface area contributed by atoms with Gasteiger partial charge in [0.05, 0.1) is 29.5 Å². The van der Waals surface area contributed by atoms with Crippen molar-refractivity contribution in [2.75, 3.05) is 30.5 Å². The van der Waals surface area contributed by atoms with Crippen molar-refractivity contribution in [3.8, 4) is 0 Å². The zero-order valence-electron chi connectivity index (χ0n) is 23.2. The molecule has 0 aromatic heterocycles. The Bertz CT molecular complexity index is 1450. The summed E-state index contributed by atoms with van der Waals surface area (Å²) in [7, 11) is -4.15. The van der Waals surface area contributed by atoms with Crippen LogP contribution in [0.4, 0.5) is 5.69 Å². The van der Waals surface area contributed by atoms with Gasteiger partial charge < -0.3 is 9.64 Å². The molecule has 3 aromatic rings. The Hall–Kier alpha value is -2.62. The molecular weight excluding hydrogens is 581 g/mol. The molecule has 7 nitrogen and oxygen atoms in total. The highest BCUT2D eigenvalue weighted by atomic mass is 35.5. The number of benzene rings is 3. The van der Waals surface area contributed by atoms with Gasteiger partial charge in [-0.05, 0) is 74.7 Å². The number of nitrogens with zero attached hydrogens (tertiary/aromatic N) is 3. The maximum Gasteiger partial charge on any atom is 0.266 e. The lowest BCUT2D eigenvalue weighted by molar-refractivity contribution is -0.0856. The predicted octanol–water partition coefficient (Wildman–Crippen LogP) is 6.10. The minimum Gasteiger partial charge on any atom is -0.373 e. The molecule has 10 heteroatoms. The van der Waals surface area contributed by atoms with E-state index >= 15 is 0 Å². The summed E-state index contributed by atoms with van der Waals surface area (Å²) in [6.45, 7) is 7.30. The van der Waals surface area contributed by atoms with E-state index in [-0.39, 0.29) is 34.6 Å². The third kappa shape index (κ3) is 6.89. The van der Waals surface area contributed by atoms with E-state index in [4.69, 9.17) is 27.9 Å². The number of likely N-dealkylation sites (tertiary alicyclic amines) is 1. The van der Waals surface area contributed by atoms with Crippen molar-refractivity contribution < 1.29 is 17.9 Å². The number of carbonyl (C=O) groups excluding carboxylic acids is 1. The van der Waals surface area contributed by atoms with Gasteiger partial charge in [0.2, 0.25) is 0 Å². The summed E-state index contributed by atoms with van der Waals surface area (Å²) in [4.78, 5) is 17.8. The molecule has 2 aliphatic heterocycles. The van der Waals surface area contributed by atoms with Gasteiger partial charge in [0.25, 0.3) is 15.9 Å². The smallest absolute Gasteiger partial charge is 0.266 e. The molecule has 5 rings (SSSR count). The molecule has 2 fully saturated rings. The number of hydrogen-bond acceptors (Lipinski definition) is 5. The Morgan fingerprint density at radius 3 is 2.20 bits per heavy atom. The molecule has 2 saturated heterocycles. The number of sulfonamides is 1. The molecule has 0 N–H and O–H groups in total. The van der Waals surface area contributed by atoms with Crippen LogP contribution < -0.4 is 4.31 Å². The van der Waals surface area contributed by atoms with Gasteiger partial charge in [-0.25, -0.2) is 8.42 Å². The van der Waals surface area contributed by atoms with Crippen molar-refractivity contribution in [1.82, 2.24) is 9.80 Å². The normalized spacial score (nSPS) is 20.6. The fourth-order valence-corrected chi connectivity index (χ4v) is 7.84. The number of hydrogen-bond donors (Lipinski definition) is 0. The van der Waals surface area contributed by atoms with Crippen LogP contribution in [-0.4, -0.2) is 68.6 Å². The van der Waals surface area contributed by atoms with Gasteiger partial charge in [0.15, 0.2) is 0 Å². The van der Waals surface area contributed by atoms with Gasteiger partial charge in [0.1, 0.15) is 4.90 Å². The first-order chi connectivity index (χ1) is 19.6. The maximum atomic E-state index is 14.1. The quantitative estimate of drug-likeness (QED) is 0.321. The van der Waals surface area contributed by atoms with Gasteiger partial charge in [-0.3, -0.25) is 14.0 Å². The lowest BCUT2D eigenvalue weighted by Gasteiger charge is -2.43. The topological polar surface area (TPSA) is 70.2 Å². The molecule has 3 aromatic carbocycles. The average molecular weight is 617 g/mol. The van der Waals surface area contributed by atoms with E-state index in [9.17, 15) is 13.2 Å². The number of anilines is 1. The Labute approximate surface area is 252 Å². The fraction of sp³-hybridized carbons (Fsp3) is 0.387. The zero-order valence-corrected chi connectivity index (χ0v) is 25.6. The van der Waals surface area contributed by atoms with E-state index in [0.717, 1.165) is 31.5 Å². The third-order valence-corrected chi connectivity index (χ3v) is 10.3. The number of amides is 1. The average Bonchev–Trinajstić information content (AvgIpc) is 2.96. The van der Waals surface area contributed by atoms with Gasteiger partial charge in [0, 0.05) is 42.8 Å². The highest BCUT2D eigenvalue weighted by Gasteiger charge is 2.33. The van der Waals surface area contributed by atoms with Crippen LogP contribution in [0, 0.1) is 0 Å². The molecule has 0 radical (unpaired) electrons. The first-order valence-corrected chi connectivity index (χ1v) is 16.1. The first-order valence-electron chi connectivity index (χ1n) is 13.9. The molecule has 2 aliphatic rings. The van der Waals surface area contributed by atoms with E-state index in [1.807, 2.05) is 35.2 Å². The molecule has 2 heterocycles. The largest absolute Gasteiger partial charge is 0.373 e. The summed E-state index contributed by atoms with van der Waals surface area (Å²) in [6.07, 6.45) is 2.13. The van der Waals surface area contributed by atoms with Gasteiger partial charge >= 0.3 is 0 Å². The summed E-state index contributed by atoms with van der Waals surface area (Å²) in [5, 5.41) is 0.556. The lowest BCUT2D eigenvalue weighted by atomic mass is 10.0. The summed E-state index contributed by atoms with van der Waals surface area (Å²) in [5.74, 6) is -0.193. The Morgan fingerprint density at radius 1 is 0.927 bits per heavy atom. The zero-order chi connectivity index (χ0) is 29.1. The summed E-state index contributed by atoms with van der Waals surface area (Å²) >= 11 is 12.6. The summed E-state index contributed by atoms with van der Waals surface area (Å²) in [5.41, 5.74) is 1.55. The van der Waals surface area contributed by atoms with Crippen molar-refractivity contribution in [3.63, 3.8) is 0 Å². The number of ether oxygens (including phenoxy) is 1. The van der Waals surface area contributed by atoms with E-state index in [0.29, 0.717) is 35.4 Å². The van der Waals surface area contributed by atoms with Crippen molar-refractivity contribution in [2.45, 2.75) is 56.4 Å². The number of carbonyl (C=O) groups is 1. The standard InChI is InChI=1S/C31H35Cl2N3O4S/c1-22-19-35(20-23(2)40-22)27-14-16-34(17-15-27)31(37)25-8-13-29(33)30(18-25)41(38,39)36(21-24-6-4-3-5-7-24)28-11-9-26(32)10-12-28/h3-13,18,22-23,27H,14-17,19-21H2,1-2H3. The Kier molecular flexibility index (Phi) is 9.26. The molecule has 0 saturated carbocycles. The first kappa shape index (κ1) is 29.9. The van der Waals surface area contributed by atoms with Crippen molar-refractivity contribution in [1.29, 1.82) is 0 Å². The lowest BCUT2D eigenvalue weighted by Crippen LogP contribution is -2.53. The minimum atomic E-state index is -4.15. The Morgan fingerprint density at radius 2 is 1.56 bits per heavy atom. The van der Waals surface area contributed by atoms with Crippen LogP contribution in [0.2, 0.25) is 10.0 Å². The molecule has 218 valence electrons. The Balaban J connectivity index is 1.37. The van der Waals surface area contributed by atoms with Gasteiger partial charge in [-0.1, -0.05) is 53.5 Å². The van der Waals surface area contributed by atoms with Crippen LogP contribution in [0.15, 0.2) is 77.7 Å². The highest BCUT2D eigenvalue weighted by Crippen LogP contribution is 2.32. The number of rotatable bonds is 7. The molecule has 2 unspecified atom stereocenters. The highest BCUT2D eigenvalue weighted by molar-refractivity contribution is 7.93. The van der Waals surface area contributed by atoms with E-state index < -0.39 is 10.0 Å². The monoisotopic (exact) mass is 615 g/mol. The van der Waals surface area contributed by atoms with Gasteiger partial charge in [-0.15, -0.1) is 0 Å². The summed E-state index contributed by atoms with van der Waals surface area (Å²) in [6, 6.07) is 20.8. The van der Waals surface area contributed by atoms with Crippen molar-refractivity contribution >= 4 is 44.8 Å². The van der Waals surface area contributed by atoms with E-state index in [2.05, 4.69) is 18.7 Å². The molecule has 0 spiro atoms. The van der Waals surface area contributed by atoms with Crippen LogP contribution in [-0.2, 0) is 21.3 Å². The van der Waals surface area contributed by atoms with E-state index in [1.54, 1.807) is 30.3 Å². The van der Waals surface area contributed by atoms with Crippen molar-refractivity contribution in [3.05, 3.63) is 94.0 Å². The molecule has 0 aliphatic carbocycles. The maximum absolute atomic E-state index is 14.1. The predicted molar refractivity (Wildman–Crippen MR) is 163 cm³/mol. The molecule has 41 heavy (non-hydrogen) atoms. The third-order valence-electron chi connectivity index (χ3n) is 7.75. The van der Waals surface area contributed by atoms with Crippen LogP contribution in [0.3, 0.4) is 0 Å². The second-order valence-corrected chi connectivity index (χ2v) is 13.5. The van der Waals surface area contributed by atoms with Crippen LogP contribution in [0.25, 0.3) is 0 Å². The molecule has 0 bridgehead atoms. The van der Waals surface area contributed by atoms with E-state index in [1.165, 1.54) is 16.4 Å². The van der Waals surface area contributed by atoms with Crippen LogP contribution in [0.5, 0.6) is 0 Å². The number of morpholine rings is 1. The molecule has 2 atom stereocenters. The summed E-state index contributed by atoms with van der Waals surface area (Å²) < 4.78 is 35.4. The van der Waals surface area contributed by atoms with Crippen LogP contribution in [0.1, 0.15) is 42.6 Å². The molecular formula is C31H35Cl2N3O4S. The van der Waals surface area contributed by atoms with Crippen LogP contribution >= 0.6 is 23.2 Å². The number of piperidine rings is 1. The van der Waals surface area contributed by atoms with Crippen molar-refractivity contribution in [2.24, 2.45) is 0 Å². The second-order valence-electron chi connectivity index (χ2n) is 10.9. The van der Waals surface area contributed by atoms with Gasteiger partial charge in [-0.2, -0.15) is 0 Å². The fourth-order valence-electron chi connectivity index (χ4n) is 5.76. The molecule has 1 amide bonds. The minimum absolute atomic E-state index is 0.0582. The SMILES string of the molecule is CC1CN(C2CCN(C(=O)c3ccc(Cl)c(S(=O)(=O)N(Cc4ccccc4)c4ccc(Cl)cc4)c3)CC2)CC(C)O1. The second kappa shape index (κ2) is 12.7.